The van der Waals surface area contributed by atoms with Crippen LogP contribution in [0.15, 0.2) is 77.7 Å². The Morgan fingerprint density at radius 2 is 1.68 bits per heavy atom. The predicted octanol–water partition coefficient (Wildman–Crippen LogP) is 3.52. The number of benzene rings is 3. The molecule has 31 heavy (non-hydrogen) atoms. The van der Waals surface area contributed by atoms with E-state index in [1.54, 1.807) is 60.7 Å². The largest absolute Gasteiger partial charge is 0.384 e. The van der Waals surface area contributed by atoms with Crippen LogP contribution < -0.4 is 15.8 Å². The van der Waals surface area contributed by atoms with Crippen molar-refractivity contribution >= 4 is 33.1 Å². The van der Waals surface area contributed by atoms with Gasteiger partial charge < -0.3 is 11.1 Å². The van der Waals surface area contributed by atoms with E-state index >= 15 is 0 Å². The minimum atomic E-state index is -3.73. The van der Waals surface area contributed by atoms with Crippen LogP contribution in [0.5, 0.6) is 0 Å². The predicted molar refractivity (Wildman–Crippen MR) is 123 cm³/mol. The highest BCUT2D eigenvalue weighted by molar-refractivity contribution is 7.92. The van der Waals surface area contributed by atoms with Crippen molar-refractivity contribution in [2.24, 2.45) is 5.73 Å². The van der Waals surface area contributed by atoms with E-state index in [1.807, 2.05) is 6.92 Å². The van der Waals surface area contributed by atoms with Crippen LogP contribution in [0.4, 0.5) is 11.4 Å². The Bertz CT molecular complexity index is 1190. The maximum absolute atomic E-state index is 12.6. The van der Waals surface area contributed by atoms with E-state index in [0.29, 0.717) is 23.4 Å². The van der Waals surface area contributed by atoms with Crippen LogP contribution >= 0.6 is 0 Å². The van der Waals surface area contributed by atoms with Gasteiger partial charge in [0.2, 0.25) is 5.91 Å². The number of rotatable bonds is 8. The van der Waals surface area contributed by atoms with Gasteiger partial charge in [0, 0.05) is 11.3 Å². The van der Waals surface area contributed by atoms with Crippen molar-refractivity contribution < 1.29 is 13.2 Å². The van der Waals surface area contributed by atoms with Gasteiger partial charge in [0.25, 0.3) is 10.0 Å². The highest BCUT2D eigenvalue weighted by Gasteiger charge is 2.15. The number of hydrogen-bond acceptors (Lipinski definition) is 4. The molecule has 0 aliphatic carbocycles. The second-order valence-corrected chi connectivity index (χ2v) is 8.66. The Morgan fingerprint density at radius 1 is 1.00 bits per heavy atom. The number of nitrogens with two attached hydrogens (primary N) is 1. The second-order valence-electron chi connectivity index (χ2n) is 6.98. The summed E-state index contributed by atoms with van der Waals surface area (Å²) in [6.07, 6.45) is 0.815. The molecule has 0 heterocycles. The molecule has 0 aliphatic heterocycles. The van der Waals surface area contributed by atoms with Crippen LogP contribution in [0, 0.1) is 5.41 Å². The first-order valence-corrected chi connectivity index (χ1v) is 11.2. The summed E-state index contributed by atoms with van der Waals surface area (Å²) in [5.41, 5.74) is 8.63. The van der Waals surface area contributed by atoms with E-state index in [1.165, 1.54) is 12.1 Å². The van der Waals surface area contributed by atoms with Crippen molar-refractivity contribution in [3.05, 3.63) is 89.5 Å². The van der Waals surface area contributed by atoms with Crippen LogP contribution in [0.2, 0.25) is 0 Å². The smallest absolute Gasteiger partial charge is 0.261 e. The number of amidine groups is 1. The lowest BCUT2D eigenvalue weighted by Crippen LogP contribution is -2.17. The molecule has 0 unspecified atom stereocenters. The van der Waals surface area contributed by atoms with Crippen LogP contribution in [0.3, 0.4) is 0 Å². The van der Waals surface area contributed by atoms with Gasteiger partial charge in [-0.1, -0.05) is 55.5 Å². The third kappa shape index (κ3) is 5.70. The van der Waals surface area contributed by atoms with Crippen molar-refractivity contribution in [1.82, 2.24) is 0 Å². The monoisotopic (exact) mass is 436 g/mol. The summed E-state index contributed by atoms with van der Waals surface area (Å²) in [6, 6.07) is 20.1. The van der Waals surface area contributed by atoms with Crippen LogP contribution in [-0.2, 0) is 27.7 Å². The third-order valence-electron chi connectivity index (χ3n) is 4.70. The van der Waals surface area contributed by atoms with Crippen molar-refractivity contribution in [1.29, 1.82) is 5.41 Å². The molecule has 0 saturated heterocycles. The molecule has 0 fully saturated rings. The number of sulfonamides is 1. The number of nitrogen functional groups attached to an aromatic ring is 1. The van der Waals surface area contributed by atoms with Crippen LogP contribution in [-0.4, -0.2) is 20.2 Å². The molecule has 0 spiro atoms. The van der Waals surface area contributed by atoms with Gasteiger partial charge in [0.15, 0.2) is 0 Å². The lowest BCUT2D eigenvalue weighted by atomic mass is 10.1. The molecule has 0 aliphatic rings. The zero-order chi connectivity index (χ0) is 22.4. The Morgan fingerprint density at radius 3 is 2.29 bits per heavy atom. The van der Waals surface area contributed by atoms with Crippen LogP contribution in [0.25, 0.3) is 0 Å². The van der Waals surface area contributed by atoms with Gasteiger partial charge in [-0.15, -0.1) is 0 Å². The van der Waals surface area contributed by atoms with Crippen molar-refractivity contribution in [3.63, 3.8) is 0 Å². The maximum atomic E-state index is 12.6. The lowest BCUT2D eigenvalue weighted by Gasteiger charge is -2.14. The number of anilines is 2. The molecule has 8 heteroatoms. The van der Waals surface area contributed by atoms with Gasteiger partial charge in [-0.05, 0) is 41.8 Å². The van der Waals surface area contributed by atoms with Gasteiger partial charge in [-0.3, -0.25) is 14.9 Å². The fourth-order valence-electron chi connectivity index (χ4n) is 3.06. The summed E-state index contributed by atoms with van der Waals surface area (Å²) < 4.78 is 27.7. The topological polar surface area (TPSA) is 125 Å². The number of amides is 1. The molecule has 0 atom stereocenters. The molecular weight excluding hydrogens is 412 g/mol. The molecule has 3 aromatic carbocycles. The third-order valence-corrected chi connectivity index (χ3v) is 6.10. The fourth-order valence-corrected chi connectivity index (χ4v) is 4.13. The van der Waals surface area contributed by atoms with E-state index in [4.69, 9.17) is 11.1 Å². The average Bonchev–Trinajstić information content (AvgIpc) is 2.74. The zero-order valence-corrected chi connectivity index (χ0v) is 17.9. The molecule has 0 aromatic heterocycles. The molecule has 3 aromatic rings. The Hall–Kier alpha value is -3.65. The molecular formula is C23H24N4O3S. The number of carbonyl (C=O) groups excluding carboxylic acids is 1. The van der Waals surface area contributed by atoms with E-state index in [-0.39, 0.29) is 23.1 Å². The quantitative estimate of drug-likeness (QED) is 0.318. The molecule has 1 amide bonds. The molecule has 160 valence electrons. The summed E-state index contributed by atoms with van der Waals surface area (Å²) >= 11 is 0. The van der Waals surface area contributed by atoms with Gasteiger partial charge in [-0.25, -0.2) is 8.42 Å². The van der Waals surface area contributed by atoms with Crippen LogP contribution in [0.1, 0.15) is 23.6 Å². The zero-order valence-electron chi connectivity index (χ0n) is 17.1. The van der Waals surface area contributed by atoms with Gasteiger partial charge >= 0.3 is 0 Å². The summed E-state index contributed by atoms with van der Waals surface area (Å²) in [4.78, 5) is 12.7. The Labute approximate surface area is 181 Å². The summed E-state index contributed by atoms with van der Waals surface area (Å²) in [7, 11) is -3.73. The average molecular weight is 437 g/mol. The fraction of sp³-hybridized carbons (Fsp3) is 0.130. The highest BCUT2D eigenvalue weighted by Crippen LogP contribution is 2.24. The SMILES string of the molecule is CCc1ccc(NS(=O)(=O)c2ccccc2)cc1NC(=O)Cc1ccc(C(=N)N)cc1. The number of hydrogen-bond donors (Lipinski definition) is 4. The summed E-state index contributed by atoms with van der Waals surface area (Å²) in [5, 5.41) is 10.3. The van der Waals surface area contributed by atoms with E-state index in [9.17, 15) is 13.2 Å². The molecule has 5 N–H and O–H groups in total. The molecule has 0 saturated carbocycles. The molecule has 0 bridgehead atoms. The first-order chi connectivity index (χ1) is 14.8. The molecule has 3 rings (SSSR count). The lowest BCUT2D eigenvalue weighted by molar-refractivity contribution is -0.115. The minimum absolute atomic E-state index is 0.0293. The highest BCUT2D eigenvalue weighted by atomic mass is 32.2. The Balaban J connectivity index is 1.76. The van der Waals surface area contributed by atoms with E-state index < -0.39 is 10.0 Å². The van der Waals surface area contributed by atoms with Crippen molar-refractivity contribution in [2.45, 2.75) is 24.7 Å². The van der Waals surface area contributed by atoms with Crippen molar-refractivity contribution in [2.75, 3.05) is 10.0 Å². The first kappa shape index (κ1) is 22.0. The Kier molecular flexibility index (Phi) is 6.71. The normalized spacial score (nSPS) is 11.0. The second kappa shape index (κ2) is 9.44. The minimum Gasteiger partial charge on any atom is -0.384 e. The van der Waals surface area contributed by atoms with Gasteiger partial charge in [0.1, 0.15) is 5.84 Å². The number of carbonyl (C=O) groups is 1. The number of nitrogens with one attached hydrogen (secondary N) is 3. The van der Waals surface area contributed by atoms with Gasteiger partial charge in [0.05, 0.1) is 17.0 Å². The van der Waals surface area contributed by atoms with E-state index in [2.05, 4.69) is 10.0 Å². The standard InChI is InChI=1S/C23H24N4O3S/c1-2-17-12-13-19(27-31(29,30)20-6-4-3-5-7-20)15-21(17)26-22(28)14-16-8-10-18(11-9-16)23(24)25/h3-13,15,27H,2,14H2,1H3,(H3,24,25)(H,26,28). The van der Waals surface area contributed by atoms with Crippen molar-refractivity contribution in [3.8, 4) is 0 Å². The molecule has 7 nitrogen and oxygen atoms in total. The summed E-state index contributed by atoms with van der Waals surface area (Å²) in [6.45, 7) is 1.96. The first-order valence-electron chi connectivity index (χ1n) is 9.72. The van der Waals surface area contributed by atoms with Gasteiger partial charge in [-0.2, -0.15) is 0 Å². The summed E-state index contributed by atoms with van der Waals surface area (Å²) in [5.74, 6) is -0.258. The van der Waals surface area contributed by atoms with E-state index in [0.717, 1.165) is 11.1 Å². The molecule has 0 radical (unpaired) electrons. The number of aryl methyl sites for hydroxylation is 1. The maximum Gasteiger partial charge on any atom is 0.261 e.